The highest BCUT2D eigenvalue weighted by atomic mass is 19.4. The molecule has 0 bridgehead atoms. The zero-order valence-electron chi connectivity index (χ0n) is 13.9. The average Bonchev–Trinajstić information content (AvgIpc) is 2.51. The smallest absolute Gasteiger partial charge is 0.474 e. The maximum atomic E-state index is 13.3. The van der Waals surface area contributed by atoms with Gasteiger partial charge in [0.05, 0.1) is 17.7 Å². The first-order valence-corrected chi connectivity index (χ1v) is 7.45. The number of carbonyl (C=O) groups excluding carboxylic acids is 1. The molecule has 1 aromatic rings. The van der Waals surface area contributed by atoms with Crippen molar-refractivity contribution in [1.29, 1.82) is 0 Å². The highest BCUT2D eigenvalue weighted by molar-refractivity contribution is 6.22. The molecule has 0 saturated heterocycles. The Morgan fingerprint density at radius 2 is 1.93 bits per heavy atom. The molecule has 0 radical (unpaired) electrons. The van der Waals surface area contributed by atoms with Gasteiger partial charge in [0.25, 0.3) is 0 Å². The van der Waals surface area contributed by atoms with Crippen LogP contribution < -0.4 is 9.47 Å². The van der Waals surface area contributed by atoms with Gasteiger partial charge in [-0.15, -0.1) is 13.2 Å². The zero-order valence-corrected chi connectivity index (χ0v) is 13.9. The summed E-state index contributed by atoms with van der Waals surface area (Å²) >= 11 is 0. The maximum Gasteiger partial charge on any atom is 0.573 e. The van der Waals surface area contributed by atoms with Crippen LogP contribution in [0.5, 0.6) is 11.5 Å². The van der Waals surface area contributed by atoms with Crippen molar-refractivity contribution in [2.75, 3.05) is 6.61 Å². The summed E-state index contributed by atoms with van der Waals surface area (Å²) in [6.45, 7) is 1.19. The lowest BCUT2D eigenvalue weighted by Crippen LogP contribution is -2.41. The Hall–Kier alpha value is -2.77. The van der Waals surface area contributed by atoms with Crippen molar-refractivity contribution in [3.8, 4) is 23.2 Å². The Morgan fingerprint density at radius 3 is 2.44 bits per heavy atom. The number of ether oxygens (including phenoxy) is 3. The Morgan fingerprint density at radius 1 is 1.26 bits per heavy atom. The van der Waals surface area contributed by atoms with E-state index >= 15 is 0 Å². The lowest BCUT2D eigenvalue weighted by atomic mass is 9.98. The Kier molecular flexibility index (Phi) is 5.68. The van der Waals surface area contributed by atoms with Crippen LogP contribution in [0.4, 0.5) is 26.3 Å². The van der Waals surface area contributed by atoms with Crippen molar-refractivity contribution in [1.82, 2.24) is 0 Å². The summed E-state index contributed by atoms with van der Waals surface area (Å²) in [5.74, 6) is 2.32. The van der Waals surface area contributed by atoms with Crippen molar-refractivity contribution >= 4 is 19.9 Å². The second kappa shape index (κ2) is 7.46. The first kappa shape index (κ1) is 20.5. The second-order valence-corrected chi connectivity index (χ2v) is 5.17. The predicted molar refractivity (Wildman–Crippen MR) is 83.6 cm³/mol. The molecular weight excluding hydrogens is 381 g/mol. The van der Waals surface area contributed by atoms with E-state index < -0.39 is 41.7 Å². The normalized spacial score (nSPS) is 16.3. The molecule has 11 heteroatoms. The monoisotopic (exact) mass is 392 g/mol. The highest BCUT2D eigenvalue weighted by Crippen LogP contribution is 2.41. The van der Waals surface area contributed by atoms with Crippen molar-refractivity contribution in [2.24, 2.45) is 0 Å². The van der Waals surface area contributed by atoms with Gasteiger partial charge < -0.3 is 14.2 Å². The quantitative estimate of drug-likeness (QED) is 0.344. The van der Waals surface area contributed by atoms with E-state index in [2.05, 4.69) is 21.2 Å². The van der Waals surface area contributed by atoms with E-state index in [1.54, 1.807) is 0 Å². The summed E-state index contributed by atoms with van der Waals surface area (Å²) in [5.41, 5.74) is -1.36. The number of carbonyl (C=O) groups is 1. The van der Waals surface area contributed by atoms with E-state index in [1.165, 1.54) is 14.8 Å². The van der Waals surface area contributed by atoms with E-state index in [-0.39, 0.29) is 17.7 Å². The molecule has 0 aliphatic carbocycles. The summed E-state index contributed by atoms with van der Waals surface area (Å²) in [7, 11) is 1.34. The number of hydrogen-bond acceptors (Lipinski definition) is 4. The van der Waals surface area contributed by atoms with Crippen LogP contribution in [-0.4, -0.2) is 39.1 Å². The minimum absolute atomic E-state index is 0.197. The van der Waals surface area contributed by atoms with Crippen LogP contribution in [0, 0.1) is 11.7 Å². The van der Waals surface area contributed by atoms with Crippen LogP contribution in [-0.2, 0) is 9.53 Å². The van der Waals surface area contributed by atoms with Crippen LogP contribution in [0.25, 0.3) is 6.08 Å². The minimum atomic E-state index is -5.02. The topological polar surface area (TPSA) is 44.8 Å². The lowest BCUT2D eigenvalue weighted by Gasteiger charge is -2.28. The van der Waals surface area contributed by atoms with E-state index in [1.807, 2.05) is 0 Å². The highest BCUT2D eigenvalue weighted by Gasteiger charge is 2.49. The van der Waals surface area contributed by atoms with E-state index in [4.69, 9.17) is 4.74 Å². The number of halogens is 6. The molecule has 2 rings (SSSR count). The summed E-state index contributed by atoms with van der Waals surface area (Å²) in [5, 5.41) is 0. The van der Waals surface area contributed by atoms with Crippen LogP contribution in [0.3, 0.4) is 0 Å². The largest absolute Gasteiger partial charge is 0.573 e. The second-order valence-electron chi connectivity index (χ2n) is 5.17. The number of alkyl halides is 6. The van der Waals surface area contributed by atoms with E-state index in [0.717, 1.165) is 18.2 Å². The van der Waals surface area contributed by atoms with Gasteiger partial charge in [-0.05, 0) is 25.1 Å². The SMILES string of the molecule is BC#Cc1cc(OC(F)(F)F)cc2c1OC(C(F)(F)F)C(C(=O)OCC)=C2. The summed E-state index contributed by atoms with van der Waals surface area (Å²) in [6.07, 6.45) is -11.9. The molecule has 0 aromatic heterocycles. The minimum Gasteiger partial charge on any atom is -0.474 e. The van der Waals surface area contributed by atoms with Crippen LogP contribution in [0.15, 0.2) is 17.7 Å². The maximum absolute atomic E-state index is 13.3. The fourth-order valence-corrected chi connectivity index (χ4v) is 2.33. The molecule has 4 nitrogen and oxygen atoms in total. The number of fused-ring (bicyclic) bond motifs is 1. The molecular formula is C16H11BF6O4. The van der Waals surface area contributed by atoms with Gasteiger partial charge in [-0.3, -0.25) is 0 Å². The average molecular weight is 392 g/mol. The van der Waals surface area contributed by atoms with Crippen LogP contribution >= 0.6 is 0 Å². The van der Waals surface area contributed by atoms with Gasteiger partial charge in [-0.25, -0.2) is 4.79 Å². The summed E-state index contributed by atoms with van der Waals surface area (Å²) in [4.78, 5) is 11.9. The molecule has 27 heavy (non-hydrogen) atoms. The molecule has 1 aliphatic rings. The standard InChI is InChI=1S/C16H11BF6O4/c1-2-25-14(24)11-7-9-6-10(27-16(21,22)23)5-8(3-4-17)12(9)26-13(11)15(18,19)20/h5-7,13H,2,17H2,1H3. The molecule has 0 amide bonds. The molecule has 0 saturated carbocycles. The van der Waals surface area contributed by atoms with Gasteiger partial charge in [0.15, 0.2) is 7.85 Å². The molecule has 1 aliphatic heterocycles. The Labute approximate surface area is 150 Å². The molecule has 1 aromatic carbocycles. The van der Waals surface area contributed by atoms with Gasteiger partial charge in [-0.1, -0.05) is 5.92 Å². The first-order valence-electron chi connectivity index (χ1n) is 7.45. The third-order valence-corrected chi connectivity index (χ3v) is 3.22. The lowest BCUT2D eigenvalue weighted by molar-refractivity contribution is -0.274. The van der Waals surface area contributed by atoms with E-state index in [9.17, 15) is 31.1 Å². The fourth-order valence-electron chi connectivity index (χ4n) is 2.33. The van der Waals surface area contributed by atoms with Crippen LogP contribution in [0.1, 0.15) is 18.1 Å². The van der Waals surface area contributed by atoms with Gasteiger partial charge in [0.1, 0.15) is 11.5 Å². The van der Waals surface area contributed by atoms with E-state index in [0.29, 0.717) is 0 Å². The van der Waals surface area contributed by atoms with Gasteiger partial charge in [0.2, 0.25) is 6.10 Å². The van der Waals surface area contributed by atoms with Crippen molar-refractivity contribution < 1.29 is 45.3 Å². The van der Waals surface area contributed by atoms with Gasteiger partial charge in [0, 0.05) is 5.56 Å². The predicted octanol–water partition coefficient (Wildman–Crippen LogP) is 2.80. The van der Waals surface area contributed by atoms with Gasteiger partial charge in [-0.2, -0.15) is 19.0 Å². The molecule has 0 fully saturated rings. The number of rotatable bonds is 3. The summed E-state index contributed by atoms with van der Waals surface area (Å²) in [6, 6.07) is 1.61. The fraction of sp³-hybridized carbons (Fsp3) is 0.312. The van der Waals surface area contributed by atoms with Crippen molar-refractivity contribution in [3.63, 3.8) is 0 Å². The Bertz CT molecular complexity index is 832. The van der Waals surface area contributed by atoms with Crippen molar-refractivity contribution in [2.45, 2.75) is 25.6 Å². The molecule has 144 valence electrons. The Balaban J connectivity index is 2.65. The zero-order chi connectivity index (χ0) is 20.4. The summed E-state index contributed by atoms with van der Waals surface area (Å²) < 4.78 is 90.7. The van der Waals surface area contributed by atoms with Gasteiger partial charge >= 0.3 is 18.5 Å². The third kappa shape index (κ3) is 4.90. The molecule has 1 unspecified atom stereocenters. The number of esters is 1. The third-order valence-electron chi connectivity index (χ3n) is 3.22. The molecule has 0 spiro atoms. The van der Waals surface area contributed by atoms with Crippen molar-refractivity contribution in [3.05, 3.63) is 28.8 Å². The first-order chi connectivity index (χ1) is 12.5. The molecule has 0 N–H and O–H groups in total. The number of hydrogen-bond donors (Lipinski definition) is 0. The van der Waals surface area contributed by atoms with Crippen LogP contribution in [0.2, 0.25) is 0 Å². The number of benzene rings is 1. The molecule has 1 atom stereocenters. The molecule has 1 heterocycles.